The number of benzene rings is 1. The molecule has 0 radical (unpaired) electrons. The molecule has 0 amide bonds. The van der Waals surface area contributed by atoms with E-state index in [9.17, 15) is 5.11 Å². The van der Waals surface area contributed by atoms with E-state index >= 15 is 0 Å². The fourth-order valence-corrected chi connectivity index (χ4v) is 4.61. The highest BCUT2D eigenvalue weighted by Crippen LogP contribution is 2.26. The summed E-state index contributed by atoms with van der Waals surface area (Å²) < 4.78 is 0. The molecule has 2 atom stereocenters. The van der Waals surface area contributed by atoms with E-state index in [0.29, 0.717) is 12.0 Å². The van der Waals surface area contributed by atoms with Crippen molar-refractivity contribution in [2.75, 3.05) is 32.7 Å². The highest BCUT2D eigenvalue weighted by molar-refractivity contribution is 5.15. The second-order valence-electron chi connectivity index (χ2n) is 8.11. The van der Waals surface area contributed by atoms with Gasteiger partial charge in [-0.1, -0.05) is 36.4 Å². The largest absolute Gasteiger partial charge is 0.391 e. The minimum Gasteiger partial charge on any atom is -0.391 e. The molecule has 2 aromatic rings. The summed E-state index contributed by atoms with van der Waals surface area (Å²) in [4.78, 5) is 9.57. The highest BCUT2D eigenvalue weighted by atomic mass is 16.3. The highest BCUT2D eigenvalue weighted by Gasteiger charge is 2.36. The molecule has 0 unspecified atom stereocenters. The van der Waals surface area contributed by atoms with E-state index < -0.39 is 0 Å². The van der Waals surface area contributed by atoms with Gasteiger partial charge in [-0.15, -0.1) is 0 Å². The minimum absolute atomic E-state index is 0.219. The van der Waals surface area contributed by atoms with E-state index in [1.165, 1.54) is 31.5 Å². The van der Waals surface area contributed by atoms with Crippen LogP contribution in [0, 0.1) is 5.92 Å². The predicted octanol–water partition coefficient (Wildman–Crippen LogP) is 2.62. The Balaban J connectivity index is 1.23. The summed E-state index contributed by atoms with van der Waals surface area (Å²) in [5.41, 5.74) is 2.53. The third-order valence-electron chi connectivity index (χ3n) is 6.27. The molecule has 3 heterocycles. The van der Waals surface area contributed by atoms with Gasteiger partial charge in [-0.25, -0.2) is 0 Å². The van der Waals surface area contributed by atoms with Crippen molar-refractivity contribution in [1.82, 2.24) is 14.8 Å². The first-order valence-corrected chi connectivity index (χ1v) is 10.4. The Kier molecular flexibility index (Phi) is 6.17. The maximum atomic E-state index is 10.5. The molecule has 0 spiro atoms. The Morgan fingerprint density at radius 1 is 0.963 bits per heavy atom. The number of likely N-dealkylation sites (tertiary alicyclic amines) is 2. The molecule has 1 N–H and O–H groups in total. The third kappa shape index (κ3) is 4.95. The molecule has 2 aliphatic rings. The van der Waals surface area contributed by atoms with Gasteiger partial charge in [0.1, 0.15) is 0 Å². The fraction of sp³-hybridized carbons (Fsp3) is 0.522. The maximum absolute atomic E-state index is 10.5. The molecule has 0 aliphatic carbocycles. The molecular formula is C23H31N3O. The van der Waals surface area contributed by atoms with Crippen LogP contribution in [-0.4, -0.2) is 64.8 Å². The minimum atomic E-state index is -0.219. The fourth-order valence-electron chi connectivity index (χ4n) is 4.61. The first-order chi connectivity index (χ1) is 13.3. The topological polar surface area (TPSA) is 39.6 Å². The molecule has 144 valence electrons. The summed E-state index contributed by atoms with van der Waals surface area (Å²) in [5, 5.41) is 10.5. The standard InChI is InChI=1S/C23H31N3O/c27-23-18-26(17-20(23)16-21-8-4-5-12-24-21)22-10-14-25(15-11-22)13-9-19-6-2-1-3-7-19/h1-8,12,20,22-23,27H,9-11,13-18H2/t20-,23-/m1/s1. The third-order valence-corrected chi connectivity index (χ3v) is 6.27. The van der Waals surface area contributed by atoms with Gasteiger partial charge in [0, 0.05) is 43.5 Å². The van der Waals surface area contributed by atoms with Crippen LogP contribution in [0.15, 0.2) is 54.7 Å². The summed E-state index contributed by atoms with van der Waals surface area (Å²) in [6.07, 6.45) is 6.09. The molecule has 2 saturated heterocycles. The first-order valence-electron chi connectivity index (χ1n) is 10.4. The molecule has 27 heavy (non-hydrogen) atoms. The van der Waals surface area contributed by atoms with Crippen molar-refractivity contribution in [3.05, 3.63) is 66.0 Å². The zero-order chi connectivity index (χ0) is 18.5. The van der Waals surface area contributed by atoms with Crippen LogP contribution in [0.2, 0.25) is 0 Å². The van der Waals surface area contributed by atoms with Crippen molar-refractivity contribution in [2.45, 2.75) is 37.8 Å². The van der Waals surface area contributed by atoms with Gasteiger partial charge in [0.25, 0.3) is 0 Å². The molecule has 4 nitrogen and oxygen atoms in total. The number of nitrogens with zero attached hydrogens (tertiary/aromatic N) is 3. The van der Waals surface area contributed by atoms with Gasteiger partial charge in [-0.2, -0.15) is 0 Å². The zero-order valence-electron chi connectivity index (χ0n) is 16.1. The lowest BCUT2D eigenvalue weighted by Crippen LogP contribution is -2.44. The van der Waals surface area contributed by atoms with Crippen molar-refractivity contribution in [3.8, 4) is 0 Å². The first kappa shape index (κ1) is 18.6. The molecule has 1 aromatic heterocycles. The average molecular weight is 366 g/mol. The number of aliphatic hydroxyl groups is 1. The molecule has 0 bridgehead atoms. The predicted molar refractivity (Wildman–Crippen MR) is 109 cm³/mol. The summed E-state index contributed by atoms with van der Waals surface area (Å²) in [6.45, 7) is 5.34. The van der Waals surface area contributed by atoms with Gasteiger partial charge in [-0.05, 0) is 56.5 Å². The Hall–Kier alpha value is -1.75. The van der Waals surface area contributed by atoms with E-state index in [0.717, 1.165) is 38.2 Å². The summed E-state index contributed by atoms with van der Waals surface area (Å²) in [5.74, 6) is 0.316. The normalized spacial score (nSPS) is 25.1. The van der Waals surface area contributed by atoms with Crippen LogP contribution in [0.3, 0.4) is 0 Å². The second-order valence-corrected chi connectivity index (χ2v) is 8.11. The molecule has 2 fully saturated rings. The Morgan fingerprint density at radius 2 is 1.74 bits per heavy atom. The van der Waals surface area contributed by atoms with Crippen LogP contribution in [-0.2, 0) is 12.8 Å². The smallest absolute Gasteiger partial charge is 0.0711 e. The Labute approximate surface area is 162 Å². The van der Waals surface area contributed by atoms with Crippen molar-refractivity contribution in [1.29, 1.82) is 0 Å². The van der Waals surface area contributed by atoms with Gasteiger partial charge >= 0.3 is 0 Å². The lowest BCUT2D eigenvalue weighted by molar-refractivity contribution is 0.107. The van der Waals surface area contributed by atoms with Crippen LogP contribution in [0.1, 0.15) is 24.1 Å². The van der Waals surface area contributed by atoms with E-state index in [2.05, 4.69) is 51.2 Å². The number of hydrogen-bond acceptors (Lipinski definition) is 4. The van der Waals surface area contributed by atoms with E-state index in [4.69, 9.17) is 0 Å². The van der Waals surface area contributed by atoms with Crippen molar-refractivity contribution >= 4 is 0 Å². The van der Waals surface area contributed by atoms with Crippen LogP contribution >= 0.6 is 0 Å². The number of hydrogen-bond donors (Lipinski definition) is 1. The summed E-state index contributed by atoms with van der Waals surface area (Å²) in [7, 11) is 0. The number of piperidine rings is 1. The van der Waals surface area contributed by atoms with Crippen molar-refractivity contribution in [2.24, 2.45) is 5.92 Å². The number of rotatable bonds is 6. The van der Waals surface area contributed by atoms with Crippen LogP contribution in [0.5, 0.6) is 0 Å². The summed E-state index contributed by atoms with van der Waals surface area (Å²) >= 11 is 0. The van der Waals surface area contributed by atoms with Crippen LogP contribution < -0.4 is 0 Å². The van der Waals surface area contributed by atoms with Gasteiger partial charge in [0.05, 0.1) is 6.10 Å². The molecule has 1 aromatic carbocycles. The molecule has 4 rings (SSSR count). The van der Waals surface area contributed by atoms with Crippen LogP contribution in [0.4, 0.5) is 0 Å². The monoisotopic (exact) mass is 365 g/mol. The molecular weight excluding hydrogens is 334 g/mol. The second kappa shape index (κ2) is 8.96. The Bertz CT molecular complexity index is 685. The van der Waals surface area contributed by atoms with Gasteiger partial charge < -0.3 is 10.0 Å². The number of β-amino-alcohol motifs (C(OH)–C–C–N with tert-alkyl or cyclic N) is 1. The van der Waals surface area contributed by atoms with Gasteiger partial charge in [0.2, 0.25) is 0 Å². The van der Waals surface area contributed by atoms with Gasteiger partial charge in [0.15, 0.2) is 0 Å². The lowest BCUT2D eigenvalue weighted by Gasteiger charge is -2.36. The van der Waals surface area contributed by atoms with E-state index in [1.54, 1.807) is 0 Å². The van der Waals surface area contributed by atoms with Gasteiger partial charge in [-0.3, -0.25) is 9.88 Å². The van der Waals surface area contributed by atoms with Crippen molar-refractivity contribution in [3.63, 3.8) is 0 Å². The number of aliphatic hydroxyl groups excluding tert-OH is 1. The Morgan fingerprint density at radius 3 is 2.48 bits per heavy atom. The van der Waals surface area contributed by atoms with E-state index in [1.807, 2.05) is 18.3 Å². The molecule has 2 aliphatic heterocycles. The lowest BCUT2D eigenvalue weighted by atomic mass is 9.99. The SMILES string of the molecule is O[C@@H]1CN(C2CCN(CCc3ccccc3)CC2)C[C@H]1Cc1ccccn1. The van der Waals surface area contributed by atoms with E-state index in [-0.39, 0.29) is 6.10 Å². The quantitative estimate of drug-likeness (QED) is 0.854. The number of aromatic nitrogens is 1. The van der Waals surface area contributed by atoms with Crippen LogP contribution in [0.25, 0.3) is 0 Å². The molecule has 0 saturated carbocycles. The zero-order valence-corrected chi connectivity index (χ0v) is 16.1. The average Bonchev–Trinajstić information content (AvgIpc) is 3.09. The summed E-state index contributed by atoms with van der Waals surface area (Å²) in [6, 6.07) is 17.5. The van der Waals surface area contributed by atoms with Crippen molar-refractivity contribution < 1.29 is 5.11 Å². The number of pyridine rings is 1. The molecule has 4 heteroatoms. The maximum Gasteiger partial charge on any atom is 0.0711 e.